The number of amides is 1. The number of hydrogen-bond acceptors (Lipinski definition) is 4. The van der Waals surface area contributed by atoms with Crippen LogP contribution >= 0.6 is 0 Å². The zero-order valence-corrected chi connectivity index (χ0v) is 13.6. The summed E-state index contributed by atoms with van der Waals surface area (Å²) in [5.74, 6) is 0.393. The molecule has 23 heavy (non-hydrogen) atoms. The summed E-state index contributed by atoms with van der Waals surface area (Å²) in [7, 11) is 0. The molecule has 0 aliphatic rings. The minimum Gasteiger partial charge on any atom is -0.483 e. The van der Waals surface area contributed by atoms with Crippen LogP contribution < -0.4 is 10.2 Å². The van der Waals surface area contributed by atoms with Gasteiger partial charge in [-0.1, -0.05) is 45.0 Å². The summed E-state index contributed by atoms with van der Waals surface area (Å²) in [6.07, 6.45) is 3.15. The lowest BCUT2D eigenvalue weighted by molar-refractivity contribution is -0.123. The van der Waals surface area contributed by atoms with Crippen molar-refractivity contribution in [1.82, 2.24) is 10.4 Å². The van der Waals surface area contributed by atoms with Gasteiger partial charge < -0.3 is 4.74 Å². The maximum Gasteiger partial charge on any atom is 0.277 e. The topological polar surface area (TPSA) is 63.6 Å². The number of hydrogen-bond donors (Lipinski definition) is 1. The monoisotopic (exact) mass is 311 g/mol. The van der Waals surface area contributed by atoms with Crippen LogP contribution in [0.4, 0.5) is 0 Å². The largest absolute Gasteiger partial charge is 0.483 e. The minimum absolute atomic E-state index is 0.0514. The molecule has 2 rings (SSSR count). The first-order chi connectivity index (χ1) is 11.0. The second kappa shape index (κ2) is 7.54. The van der Waals surface area contributed by atoms with Crippen LogP contribution in [0.2, 0.25) is 0 Å². The third-order valence-electron chi connectivity index (χ3n) is 3.13. The third kappa shape index (κ3) is 5.21. The van der Waals surface area contributed by atoms with Gasteiger partial charge in [0.15, 0.2) is 6.61 Å². The number of benzene rings is 1. The van der Waals surface area contributed by atoms with Crippen molar-refractivity contribution >= 4 is 12.1 Å². The van der Waals surface area contributed by atoms with Crippen molar-refractivity contribution in [2.75, 3.05) is 6.61 Å². The lowest BCUT2D eigenvalue weighted by Crippen LogP contribution is -2.25. The van der Waals surface area contributed by atoms with Gasteiger partial charge in [0.25, 0.3) is 5.91 Å². The van der Waals surface area contributed by atoms with E-state index in [4.69, 9.17) is 4.74 Å². The molecule has 1 amide bonds. The van der Waals surface area contributed by atoms with Gasteiger partial charge in [-0.2, -0.15) is 5.10 Å². The van der Waals surface area contributed by atoms with Crippen LogP contribution in [-0.4, -0.2) is 23.7 Å². The van der Waals surface area contributed by atoms with Crippen LogP contribution in [0.25, 0.3) is 0 Å². The van der Waals surface area contributed by atoms with E-state index in [0.29, 0.717) is 11.4 Å². The highest BCUT2D eigenvalue weighted by molar-refractivity contribution is 5.81. The Morgan fingerprint density at radius 1 is 1.22 bits per heavy atom. The van der Waals surface area contributed by atoms with Crippen molar-refractivity contribution in [3.63, 3.8) is 0 Å². The molecule has 0 fully saturated rings. The van der Waals surface area contributed by atoms with Gasteiger partial charge >= 0.3 is 0 Å². The van der Waals surface area contributed by atoms with Gasteiger partial charge in [0.2, 0.25) is 0 Å². The molecule has 5 heteroatoms. The molecule has 0 saturated heterocycles. The Morgan fingerprint density at radius 3 is 2.65 bits per heavy atom. The van der Waals surface area contributed by atoms with Crippen molar-refractivity contribution in [3.8, 4) is 5.75 Å². The summed E-state index contributed by atoms with van der Waals surface area (Å²) in [4.78, 5) is 15.9. The second-order valence-corrected chi connectivity index (χ2v) is 6.08. The van der Waals surface area contributed by atoms with E-state index in [-0.39, 0.29) is 17.9 Å². The van der Waals surface area contributed by atoms with E-state index in [1.807, 2.05) is 36.4 Å². The Balaban J connectivity index is 1.89. The molecular formula is C18H21N3O2. The highest BCUT2D eigenvalue weighted by Gasteiger charge is 2.18. The summed E-state index contributed by atoms with van der Waals surface area (Å²) in [5.41, 5.74) is 4.11. The van der Waals surface area contributed by atoms with Crippen LogP contribution in [0.5, 0.6) is 5.75 Å². The molecule has 0 bridgehead atoms. The summed E-state index contributed by atoms with van der Waals surface area (Å²) in [5, 5.41) is 3.86. The Hall–Kier alpha value is -2.69. The zero-order chi connectivity index (χ0) is 16.7. The van der Waals surface area contributed by atoms with Gasteiger partial charge in [-0.25, -0.2) is 5.43 Å². The first kappa shape index (κ1) is 16.7. The van der Waals surface area contributed by atoms with E-state index >= 15 is 0 Å². The average molecular weight is 311 g/mol. The highest BCUT2D eigenvalue weighted by atomic mass is 16.5. The molecule has 0 atom stereocenters. The van der Waals surface area contributed by atoms with Crippen LogP contribution in [0.15, 0.2) is 53.8 Å². The second-order valence-electron chi connectivity index (χ2n) is 6.08. The van der Waals surface area contributed by atoms with Gasteiger partial charge in [0.05, 0.1) is 11.9 Å². The van der Waals surface area contributed by atoms with Gasteiger partial charge in [0, 0.05) is 6.20 Å². The predicted molar refractivity (Wildman–Crippen MR) is 90.6 cm³/mol. The molecule has 1 N–H and O–H groups in total. The van der Waals surface area contributed by atoms with Crippen LogP contribution in [0.3, 0.4) is 0 Å². The molecule has 1 aromatic carbocycles. The Morgan fingerprint density at radius 2 is 1.96 bits per heavy atom. The highest BCUT2D eigenvalue weighted by Crippen LogP contribution is 2.30. The van der Waals surface area contributed by atoms with Crippen molar-refractivity contribution in [2.24, 2.45) is 5.10 Å². The predicted octanol–water partition coefficient (Wildman–Crippen LogP) is 2.91. The molecule has 0 aliphatic carbocycles. The normalized spacial score (nSPS) is 11.4. The third-order valence-corrected chi connectivity index (χ3v) is 3.13. The van der Waals surface area contributed by atoms with E-state index < -0.39 is 0 Å². The smallest absolute Gasteiger partial charge is 0.277 e. The minimum atomic E-state index is -0.319. The number of rotatable bonds is 5. The fraction of sp³-hybridized carbons (Fsp3) is 0.278. The SMILES string of the molecule is CC(C)(C)c1ccccc1OCC(=O)N/N=C/c1ccccn1. The lowest BCUT2D eigenvalue weighted by Gasteiger charge is -2.22. The van der Waals surface area contributed by atoms with Crippen LogP contribution in [0.1, 0.15) is 32.0 Å². The van der Waals surface area contributed by atoms with E-state index in [1.165, 1.54) is 6.21 Å². The number of aromatic nitrogens is 1. The van der Waals surface area contributed by atoms with Crippen molar-refractivity contribution < 1.29 is 9.53 Å². The molecule has 2 aromatic rings. The van der Waals surface area contributed by atoms with Gasteiger partial charge in [-0.3, -0.25) is 9.78 Å². The molecule has 120 valence electrons. The summed E-state index contributed by atoms with van der Waals surface area (Å²) in [6.45, 7) is 6.22. The fourth-order valence-corrected chi connectivity index (χ4v) is 2.01. The van der Waals surface area contributed by atoms with Crippen LogP contribution in [-0.2, 0) is 10.2 Å². The number of para-hydroxylation sites is 1. The molecule has 0 saturated carbocycles. The van der Waals surface area contributed by atoms with Crippen molar-refractivity contribution in [2.45, 2.75) is 26.2 Å². The molecule has 0 unspecified atom stereocenters. The first-order valence-corrected chi connectivity index (χ1v) is 7.42. The molecule has 1 heterocycles. The standard InChI is InChI=1S/C18H21N3O2/c1-18(2,3)15-9-4-5-10-16(15)23-13-17(22)21-20-12-14-8-6-7-11-19-14/h4-12H,13H2,1-3H3,(H,21,22)/b20-12+. The van der Waals surface area contributed by atoms with Crippen molar-refractivity contribution in [3.05, 3.63) is 59.9 Å². The summed E-state index contributed by atoms with van der Waals surface area (Å²) < 4.78 is 5.63. The van der Waals surface area contributed by atoms with E-state index in [0.717, 1.165) is 5.56 Å². The summed E-state index contributed by atoms with van der Waals surface area (Å²) >= 11 is 0. The maximum absolute atomic E-state index is 11.8. The zero-order valence-electron chi connectivity index (χ0n) is 13.6. The first-order valence-electron chi connectivity index (χ1n) is 7.42. The fourth-order valence-electron chi connectivity index (χ4n) is 2.01. The number of ether oxygens (including phenoxy) is 1. The molecular weight excluding hydrogens is 290 g/mol. The van der Waals surface area contributed by atoms with Crippen LogP contribution in [0, 0.1) is 0 Å². The maximum atomic E-state index is 11.8. The lowest BCUT2D eigenvalue weighted by atomic mass is 9.86. The molecule has 5 nitrogen and oxygen atoms in total. The van der Waals surface area contributed by atoms with Gasteiger partial charge in [0.1, 0.15) is 5.75 Å². The van der Waals surface area contributed by atoms with Crippen molar-refractivity contribution in [1.29, 1.82) is 0 Å². The Kier molecular flexibility index (Phi) is 5.46. The van der Waals surface area contributed by atoms with E-state index in [9.17, 15) is 4.79 Å². The molecule has 0 aliphatic heterocycles. The van der Waals surface area contributed by atoms with E-state index in [1.54, 1.807) is 12.3 Å². The molecule has 1 aromatic heterocycles. The summed E-state index contributed by atoms with van der Waals surface area (Å²) in [6, 6.07) is 13.2. The number of nitrogens with one attached hydrogen (secondary N) is 1. The van der Waals surface area contributed by atoms with Gasteiger partial charge in [-0.05, 0) is 29.2 Å². The Labute approximate surface area is 136 Å². The number of carbonyl (C=O) groups is 1. The number of hydrazone groups is 1. The number of pyridine rings is 1. The van der Waals surface area contributed by atoms with E-state index in [2.05, 4.69) is 36.3 Å². The average Bonchev–Trinajstić information content (AvgIpc) is 2.53. The number of nitrogens with zero attached hydrogens (tertiary/aromatic N) is 2. The Bertz CT molecular complexity index is 676. The quantitative estimate of drug-likeness (QED) is 0.682. The molecule has 0 spiro atoms. The molecule has 0 radical (unpaired) electrons. The number of carbonyl (C=O) groups excluding carboxylic acids is 1. The van der Waals surface area contributed by atoms with Gasteiger partial charge in [-0.15, -0.1) is 0 Å².